The first-order chi connectivity index (χ1) is 8.20. The number of likely N-dealkylation sites (N-methyl/N-ethyl adjacent to an activating group) is 1. The zero-order chi connectivity index (χ0) is 12.3. The van der Waals surface area contributed by atoms with Gasteiger partial charge in [0.25, 0.3) is 0 Å². The third kappa shape index (κ3) is 2.96. The fourth-order valence-electron chi connectivity index (χ4n) is 2.37. The van der Waals surface area contributed by atoms with Crippen molar-refractivity contribution < 1.29 is 4.39 Å². The summed E-state index contributed by atoms with van der Waals surface area (Å²) in [4.78, 5) is 4.61. The van der Waals surface area contributed by atoms with Crippen LogP contribution in [0.4, 0.5) is 10.1 Å². The van der Waals surface area contributed by atoms with Crippen molar-refractivity contribution in [2.75, 3.05) is 38.1 Å². The van der Waals surface area contributed by atoms with E-state index in [1.54, 1.807) is 0 Å². The first-order valence-electron chi connectivity index (χ1n) is 6.11. The van der Waals surface area contributed by atoms with E-state index in [9.17, 15) is 4.39 Å². The predicted octanol–water partition coefficient (Wildman–Crippen LogP) is 1.29. The third-order valence-electron chi connectivity index (χ3n) is 3.46. The largest absolute Gasteiger partial charge is 0.370 e. The minimum Gasteiger partial charge on any atom is -0.370 e. The number of anilines is 1. The van der Waals surface area contributed by atoms with Crippen molar-refractivity contribution in [2.45, 2.75) is 12.5 Å². The number of hydrogen-bond donors (Lipinski definition) is 1. The molecule has 1 unspecified atom stereocenters. The molecule has 2 rings (SSSR count). The molecule has 1 aliphatic heterocycles. The summed E-state index contributed by atoms with van der Waals surface area (Å²) in [5, 5.41) is 0. The van der Waals surface area contributed by atoms with Crippen LogP contribution in [-0.4, -0.2) is 44.2 Å². The Labute approximate surface area is 102 Å². The van der Waals surface area contributed by atoms with Gasteiger partial charge < -0.3 is 15.5 Å². The Morgan fingerprint density at radius 2 is 2.12 bits per heavy atom. The topological polar surface area (TPSA) is 32.5 Å². The van der Waals surface area contributed by atoms with Crippen molar-refractivity contribution in [3.05, 3.63) is 30.1 Å². The Bertz CT molecular complexity index is 352. The highest BCUT2D eigenvalue weighted by Crippen LogP contribution is 2.22. The van der Waals surface area contributed by atoms with Gasteiger partial charge in [-0.2, -0.15) is 0 Å². The van der Waals surface area contributed by atoms with Gasteiger partial charge in [0, 0.05) is 37.9 Å². The van der Waals surface area contributed by atoms with E-state index in [1.807, 2.05) is 12.1 Å². The Kier molecular flexibility index (Phi) is 3.97. The van der Waals surface area contributed by atoms with Crippen LogP contribution in [0.3, 0.4) is 0 Å². The van der Waals surface area contributed by atoms with Crippen LogP contribution in [-0.2, 0) is 0 Å². The van der Waals surface area contributed by atoms with E-state index >= 15 is 0 Å². The summed E-state index contributed by atoms with van der Waals surface area (Å²) in [6.45, 7) is 3.67. The minimum absolute atomic E-state index is 0.176. The molecule has 0 aliphatic carbocycles. The van der Waals surface area contributed by atoms with Crippen LogP contribution in [0.1, 0.15) is 6.42 Å². The summed E-state index contributed by atoms with van der Waals surface area (Å²) in [5.74, 6) is -0.176. The van der Waals surface area contributed by atoms with Crippen LogP contribution < -0.4 is 10.6 Å². The summed E-state index contributed by atoms with van der Waals surface area (Å²) in [6.07, 6.45) is 1.15. The Hall–Kier alpha value is -1.13. The zero-order valence-corrected chi connectivity index (χ0v) is 10.3. The Balaban J connectivity index is 1.95. The number of nitrogens with zero attached hydrogens (tertiary/aromatic N) is 2. The van der Waals surface area contributed by atoms with E-state index in [4.69, 9.17) is 5.73 Å². The molecule has 1 fully saturated rings. The van der Waals surface area contributed by atoms with Crippen LogP contribution in [0.15, 0.2) is 24.3 Å². The Morgan fingerprint density at radius 1 is 1.41 bits per heavy atom. The first kappa shape index (κ1) is 12.3. The quantitative estimate of drug-likeness (QED) is 0.856. The standard InChI is InChI=1S/C13H20FN3/c1-16(9-7-15)13-6-8-17(10-13)12-4-2-11(14)3-5-12/h2-5,13H,6-10,15H2,1H3. The highest BCUT2D eigenvalue weighted by atomic mass is 19.1. The highest BCUT2D eigenvalue weighted by Gasteiger charge is 2.25. The summed E-state index contributed by atoms with van der Waals surface area (Å²) in [5.41, 5.74) is 6.67. The summed E-state index contributed by atoms with van der Waals surface area (Å²) < 4.78 is 12.8. The molecule has 0 spiro atoms. The summed E-state index contributed by atoms with van der Waals surface area (Å²) in [6, 6.07) is 7.29. The van der Waals surface area contributed by atoms with Crippen molar-refractivity contribution in [3.63, 3.8) is 0 Å². The second kappa shape index (κ2) is 5.47. The molecule has 1 aliphatic rings. The molecule has 2 N–H and O–H groups in total. The van der Waals surface area contributed by atoms with Gasteiger partial charge in [-0.3, -0.25) is 0 Å². The molecule has 0 aromatic heterocycles. The predicted molar refractivity (Wildman–Crippen MR) is 68.7 cm³/mol. The van der Waals surface area contributed by atoms with Crippen LogP contribution in [0.2, 0.25) is 0 Å². The number of benzene rings is 1. The molecule has 1 aromatic carbocycles. The number of rotatable bonds is 4. The average Bonchev–Trinajstić information content (AvgIpc) is 2.80. The molecule has 0 amide bonds. The fourth-order valence-corrected chi connectivity index (χ4v) is 2.37. The molecule has 17 heavy (non-hydrogen) atoms. The van der Waals surface area contributed by atoms with Crippen LogP contribution >= 0.6 is 0 Å². The van der Waals surface area contributed by atoms with E-state index in [2.05, 4.69) is 16.8 Å². The van der Waals surface area contributed by atoms with Gasteiger partial charge in [0.1, 0.15) is 5.82 Å². The molecule has 1 aromatic rings. The minimum atomic E-state index is -0.176. The third-order valence-corrected chi connectivity index (χ3v) is 3.46. The van der Waals surface area contributed by atoms with Crippen LogP contribution in [0.25, 0.3) is 0 Å². The van der Waals surface area contributed by atoms with Crippen molar-refractivity contribution >= 4 is 5.69 Å². The maximum absolute atomic E-state index is 12.8. The molecule has 0 radical (unpaired) electrons. The number of hydrogen-bond acceptors (Lipinski definition) is 3. The highest BCUT2D eigenvalue weighted by molar-refractivity contribution is 5.47. The van der Waals surface area contributed by atoms with Gasteiger partial charge in [0.2, 0.25) is 0 Å². The summed E-state index contributed by atoms with van der Waals surface area (Å²) >= 11 is 0. The molecule has 94 valence electrons. The van der Waals surface area contributed by atoms with E-state index in [-0.39, 0.29) is 5.82 Å². The van der Waals surface area contributed by atoms with Gasteiger partial charge >= 0.3 is 0 Å². The second-order valence-electron chi connectivity index (χ2n) is 4.63. The van der Waals surface area contributed by atoms with Gasteiger partial charge in [0.05, 0.1) is 0 Å². The molecule has 3 nitrogen and oxygen atoms in total. The van der Waals surface area contributed by atoms with Crippen molar-refractivity contribution in [1.29, 1.82) is 0 Å². The molecule has 1 saturated heterocycles. The van der Waals surface area contributed by atoms with E-state index in [0.717, 1.165) is 31.7 Å². The van der Waals surface area contributed by atoms with Gasteiger partial charge in [-0.25, -0.2) is 4.39 Å². The maximum Gasteiger partial charge on any atom is 0.123 e. The van der Waals surface area contributed by atoms with Gasteiger partial charge in [0.15, 0.2) is 0 Å². The fraction of sp³-hybridized carbons (Fsp3) is 0.538. The van der Waals surface area contributed by atoms with Crippen molar-refractivity contribution in [3.8, 4) is 0 Å². The van der Waals surface area contributed by atoms with E-state index < -0.39 is 0 Å². The monoisotopic (exact) mass is 237 g/mol. The van der Waals surface area contributed by atoms with Gasteiger partial charge in [-0.05, 0) is 37.7 Å². The van der Waals surface area contributed by atoms with Gasteiger partial charge in [-0.1, -0.05) is 0 Å². The Morgan fingerprint density at radius 3 is 2.76 bits per heavy atom. The van der Waals surface area contributed by atoms with Crippen molar-refractivity contribution in [1.82, 2.24) is 4.90 Å². The van der Waals surface area contributed by atoms with Crippen LogP contribution in [0, 0.1) is 5.82 Å². The molecule has 1 heterocycles. The summed E-state index contributed by atoms with van der Waals surface area (Å²) in [7, 11) is 2.12. The molecule has 4 heteroatoms. The lowest BCUT2D eigenvalue weighted by Crippen LogP contribution is -2.37. The molecule has 1 atom stereocenters. The number of nitrogens with two attached hydrogens (primary N) is 1. The molecule has 0 bridgehead atoms. The van der Waals surface area contributed by atoms with Gasteiger partial charge in [-0.15, -0.1) is 0 Å². The van der Waals surface area contributed by atoms with E-state index in [0.29, 0.717) is 12.6 Å². The second-order valence-corrected chi connectivity index (χ2v) is 4.63. The lowest BCUT2D eigenvalue weighted by Gasteiger charge is -2.24. The number of halogens is 1. The maximum atomic E-state index is 12.8. The lowest BCUT2D eigenvalue weighted by molar-refractivity contribution is 0.266. The zero-order valence-electron chi connectivity index (χ0n) is 10.3. The molecule has 0 saturated carbocycles. The van der Waals surface area contributed by atoms with Crippen LogP contribution in [0.5, 0.6) is 0 Å². The first-order valence-corrected chi connectivity index (χ1v) is 6.11. The SMILES string of the molecule is CN(CCN)C1CCN(c2ccc(F)cc2)C1. The van der Waals surface area contributed by atoms with E-state index in [1.165, 1.54) is 12.1 Å². The average molecular weight is 237 g/mol. The van der Waals surface area contributed by atoms with Crippen molar-refractivity contribution in [2.24, 2.45) is 5.73 Å². The smallest absolute Gasteiger partial charge is 0.123 e. The normalized spacial score (nSPS) is 20.2. The molecular weight excluding hydrogens is 217 g/mol. The molecular formula is C13H20FN3. The lowest BCUT2D eigenvalue weighted by atomic mass is 10.2.